The molecule has 2 aromatic rings. The van der Waals surface area contributed by atoms with Gasteiger partial charge in [0.05, 0.1) is 32.9 Å². The molecular weight excluding hydrogens is 402 g/mol. The molecule has 0 aliphatic heterocycles. The van der Waals surface area contributed by atoms with Crippen LogP contribution in [-0.4, -0.2) is 35.4 Å². The summed E-state index contributed by atoms with van der Waals surface area (Å²) in [5.41, 5.74) is 0.0606. The molecule has 0 bridgehead atoms. The first kappa shape index (κ1) is 21.8. The van der Waals surface area contributed by atoms with Crippen molar-refractivity contribution < 1.29 is 24.0 Å². The number of hydrogen-bond acceptors (Lipinski definition) is 6. The molecule has 9 nitrogen and oxygen atoms in total. The Morgan fingerprint density at radius 1 is 1.10 bits per heavy atom. The Balaban J connectivity index is 2.14. The number of amides is 2. The van der Waals surface area contributed by atoms with E-state index < -0.39 is 22.7 Å². The number of ether oxygens (including phenoxy) is 1. The number of benzene rings is 2. The molecule has 0 saturated carbocycles. The second-order valence-corrected chi connectivity index (χ2v) is 6.55. The summed E-state index contributed by atoms with van der Waals surface area (Å²) < 4.78 is 4.94. The Bertz CT molecular complexity index is 961. The molecule has 0 heterocycles. The molecule has 0 aliphatic carbocycles. The number of para-hydroxylation sites is 1. The topological polar surface area (TPSA) is 128 Å². The van der Waals surface area contributed by atoms with Crippen LogP contribution in [0.15, 0.2) is 42.5 Å². The van der Waals surface area contributed by atoms with E-state index in [1.165, 1.54) is 18.2 Å². The fourth-order valence-electron chi connectivity index (χ4n) is 2.33. The lowest BCUT2D eigenvalue weighted by molar-refractivity contribution is -0.384. The number of anilines is 1. The second-order valence-electron chi connectivity index (χ2n) is 6.14. The van der Waals surface area contributed by atoms with Gasteiger partial charge in [0, 0.05) is 12.1 Å². The van der Waals surface area contributed by atoms with Crippen molar-refractivity contribution in [2.45, 2.75) is 20.0 Å². The Morgan fingerprint density at radius 3 is 2.41 bits per heavy atom. The number of hydrogen-bond donors (Lipinski definition) is 2. The molecule has 0 radical (unpaired) electrons. The van der Waals surface area contributed by atoms with E-state index >= 15 is 0 Å². The molecule has 0 spiro atoms. The van der Waals surface area contributed by atoms with Gasteiger partial charge < -0.3 is 15.4 Å². The molecule has 152 valence electrons. The third kappa shape index (κ3) is 6.01. The van der Waals surface area contributed by atoms with E-state index in [0.29, 0.717) is 0 Å². The van der Waals surface area contributed by atoms with Gasteiger partial charge in [-0.25, -0.2) is 0 Å². The minimum Gasteiger partial charge on any atom is -0.462 e. The Morgan fingerprint density at radius 2 is 1.79 bits per heavy atom. The van der Waals surface area contributed by atoms with Crippen molar-refractivity contribution in [3.8, 4) is 0 Å². The highest BCUT2D eigenvalue weighted by Gasteiger charge is 2.18. The zero-order chi connectivity index (χ0) is 21.6. The van der Waals surface area contributed by atoms with E-state index in [0.717, 1.165) is 12.1 Å². The zero-order valence-electron chi connectivity index (χ0n) is 15.6. The van der Waals surface area contributed by atoms with Gasteiger partial charge in [-0.05, 0) is 32.0 Å². The fraction of sp³-hybridized carbons (Fsp3) is 0.211. The molecule has 0 atom stereocenters. The van der Waals surface area contributed by atoms with Gasteiger partial charge in [-0.15, -0.1) is 0 Å². The highest BCUT2D eigenvalue weighted by Crippen LogP contribution is 2.24. The molecule has 0 fully saturated rings. The number of esters is 1. The standard InChI is InChI=1S/C19H18ClN3O6/c1-11(2)29-17(24)10-21-18(25)14-5-3-4-6-16(14)22-19(26)13-8-7-12(23(27)28)9-15(13)20/h3-9,11H,10H2,1-2H3,(H,21,25)(H,22,26). The van der Waals surface area contributed by atoms with E-state index in [1.807, 2.05) is 0 Å². The molecule has 2 rings (SSSR count). The third-order valence-corrected chi connectivity index (χ3v) is 3.90. The van der Waals surface area contributed by atoms with Gasteiger partial charge in [0.25, 0.3) is 17.5 Å². The lowest BCUT2D eigenvalue weighted by Crippen LogP contribution is -2.32. The van der Waals surface area contributed by atoms with Crippen molar-refractivity contribution in [2.75, 3.05) is 11.9 Å². The monoisotopic (exact) mass is 419 g/mol. The summed E-state index contributed by atoms with van der Waals surface area (Å²) >= 11 is 5.97. The summed E-state index contributed by atoms with van der Waals surface area (Å²) in [6, 6.07) is 9.61. The summed E-state index contributed by atoms with van der Waals surface area (Å²) in [4.78, 5) is 46.6. The van der Waals surface area contributed by atoms with E-state index in [9.17, 15) is 24.5 Å². The first-order valence-electron chi connectivity index (χ1n) is 8.51. The van der Waals surface area contributed by atoms with Crippen LogP contribution < -0.4 is 10.6 Å². The van der Waals surface area contributed by atoms with Crippen LogP contribution in [0.1, 0.15) is 34.6 Å². The lowest BCUT2D eigenvalue weighted by atomic mass is 10.1. The van der Waals surface area contributed by atoms with Crippen molar-refractivity contribution in [2.24, 2.45) is 0 Å². The number of rotatable bonds is 7. The number of non-ortho nitro benzene ring substituents is 1. The predicted octanol–water partition coefficient (Wildman–Crippen LogP) is 3.18. The number of carbonyl (C=O) groups excluding carboxylic acids is 3. The van der Waals surface area contributed by atoms with Crippen LogP contribution in [0.5, 0.6) is 0 Å². The summed E-state index contributed by atoms with van der Waals surface area (Å²) in [6.07, 6.45) is -0.308. The Hall–Kier alpha value is -3.46. The van der Waals surface area contributed by atoms with Crippen LogP contribution in [0.25, 0.3) is 0 Å². The van der Waals surface area contributed by atoms with Crippen LogP contribution in [0, 0.1) is 10.1 Å². The summed E-state index contributed by atoms with van der Waals surface area (Å²) in [6.45, 7) is 3.05. The van der Waals surface area contributed by atoms with Crippen molar-refractivity contribution in [3.05, 3.63) is 68.7 Å². The molecule has 0 aromatic heterocycles. The lowest BCUT2D eigenvalue weighted by Gasteiger charge is -2.12. The largest absolute Gasteiger partial charge is 0.462 e. The number of nitro benzene ring substituents is 1. The maximum atomic E-state index is 12.5. The molecular formula is C19H18ClN3O6. The van der Waals surface area contributed by atoms with E-state index in [4.69, 9.17) is 16.3 Å². The molecule has 29 heavy (non-hydrogen) atoms. The van der Waals surface area contributed by atoms with Crippen LogP contribution in [0.4, 0.5) is 11.4 Å². The Labute approximate surface area is 171 Å². The van der Waals surface area contributed by atoms with Gasteiger partial charge in [0.1, 0.15) is 6.54 Å². The first-order valence-corrected chi connectivity index (χ1v) is 8.89. The van der Waals surface area contributed by atoms with Gasteiger partial charge in [0.2, 0.25) is 0 Å². The molecule has 2 aromatic carbocycles. The maximum absolute atomic E-state index is 12.5. The SMILES string of the molecule is CC(C)OC(=O)CNC(=O)c1ccccc1NC(=O)c1ccc([N+](=O)[O-])cc1Cl. The molecule has 0 unspecified atom stereocenters. The number of nitrogens with zero attached hydrogens (tertiary/aromatic N) is 1. The number of nitro groups is 1. The van der Waals surface area contributed by atoms with Crippen molar-refractivity contribution >= 4 is 40.8 Å². The Kier molecular flexibility index (Phi) is 7.27. The minimum atomic E-state index is -0.649. The number of carbonyl (C=O) groups is 3. The number of nitrogens with one attached hydrogen (secondary N) is 2. The van der Waals surface area contributed by atoms with Crippen LogP contribution in [0.3, 0.4) is 0 Å². The van der Waals surface area contributed by atoms with Crippen LogP contribution in [0.2, 0.25) is 5.02 Å². The van der Waals surface area contributed by atoms with Crippen molar-refractivity contribution in [1.29, 1.82) is 0 Å². The van der Waals surface area contributed by atoms with Crippen LogP contribution >= 0.6 is 11.6 Å². The molecule has 0 saturated heterocycles. The summed E-state index contributed by atoms with van der Waals surface area (Å²) in [7, 11) is 0. The fourth-order valence-corrected chi connectivity index (χ4v) is 2.59. The first-order chi connectivity index (χ1) is 13.7. The molecule has 10 heteroatoms. The highest BCUT2D eigenvalue weighted by atomic mass is 35.5. The predicted molar refractivity (Wildman–Crippen MR) is 106 cm³/mol. The van der Waals surface area contributed by atoms with E-state index in [1.54, 1.807) is 26.0 Å². The third-order valence-electron chi connectivity index (χ3n) is 3.59. The quantitative estimate of drug-likeness (QED) is 0.403. The van der Waals surface area contributed by atoms with Gasteiger partial charge in [0.15, 0.2) is 0 Å². The molecule has 0 aliphatic rings. The number of halogens is 1. The average molecular weight is 420 g/mol. The van der Waals surface area contributed by atoms with Gasteiger partial charge >= 0.3 is 5.97 Å². The minimum absolute atomic E-state index is 0.00740. The van der Waals surface area contributed by atoms with Crippen molar-refractivity contribution in [3.63, 3.8) is 0 Å². The summed E-state index contributed by atoms with van der Waals surface area (Å²) in [5, 5.41) is 15.7. The van der Waals surface area contributed by atoms with E-state index in [2.05, 4.69) is 10.6 Å². The van der Waals surface area contributed by atoms with Gasteiger partial charge in [-0.1, -0.05) is 23.7 Å². The van der Waals surface area contributed by atoms with Gasteiger partial charge in [-0.2, -0.15) is 0 Å². The average Bonchev–Trinajstić information content (AvgIpc) is 2.65. The molecule has 2 N–H and O–H groups in total. The smallest absolute Gasteiger partial charge is 0.325 e. The van der Waals surface area contributed by atoms with Crippen molar-refractivity contribution in [1.82, 2.24) is 5.32 Å². The van der Waals surface area contributed by atoms with E-state index in [-0.39, 0.29) is 40.2 Å². The maximum Gasteiger partial charge on any atom is 0.325 e. The van der Waals surface area contributed by atoms with Crippen LogP contribution in [-0.2, 0) is 9.53 Å². The highest BCUT2D eigenvalue weighted by molar-refractivity contribution is 6.34. The van der Waals surface area contributed by atoms with Gasteiger partial charge in [-0.3, -0.25) is 24.5 Å². The summed E-state index contributed by atoms with van der Waals surface area (Å²) in [5.74, 6) is -1.83. The second kappa shape index (κ2) is 9.65. The normalized spacial score (nSPS) is 10.3. The molecule has 2 amide bonds. The zero-order valence-corrected chi connectivity index (χ0v) is 16.4.